The molecule has 0 spiro atoms. The average Bonchev–Trinajstić information content (AvgIpc) is 2.05. The van der Waals surface area contributed by atoms with Crippen molar-refractivity contribution in [1.29, 1.82) is 0 Å². The van der Waals surface area contributed by atoms with E-state index in [-0.39, 0.29) is 21.2 Å². The Morgan fingerprint density at radius 3 is 2.92 bits per heavy atom. The van der Waals surface area contributed by atoms with Crippen LogP contribution < -0.4 is 21.2 Å². The predicted octanol–water partition coefficient (Wildman–Crippen LogP) is -1.00. The first-order valence-corrected chi connectivity index (χ1v) is 7.02. The van der Waals surface area contributed by atoms with Crippen molar-refractivity contribution in [2.45, 2.75) is 23.9 Å². The van der Waals surface area contributed by atoms with Gasteiger partial charge in [-0.1, -0.05) is 0 Å². The number of ether oxygens (including phenoxy) is 1. The Morgan fingerprint density at radius 1 is 1.58 bits per heavy atom. The van der Waals surface area contributed by atoms with Gasteiger partial charge >= 0.3 is 85.2 Å². The molecule has 2 unspecified atom stereocenters. The molecular formula is C10H16IO-. The Balaban J connectivity index is 2.61. The van der Waals surface area contributed by atoms with Gasteiger partial charge in [0.15, 0.2) is 0 Å². The zero-order chi connectivity index (χ0) is 8.97. The summed E-state index contributed by atoms with van der Waals surface area (Å²) in [6, 6.07) is 0. The van der Waals surface area contributed by atoms with Gasteiger partial charge in [-0.05, 0) is 0 Å². The van der Waals surface area contributed by atoms with Crippen LogP contribution in [0.15, 0.2) is 23.8 Å². The minimum absolute atomic E-state index is 0.280. The second kappa shape index (κ2) is 5.02. The number of rotatable bonds is 3. The first-order chi connectivity index (χ1) is 5.77. The maximum absolute atomic E-state index is 5.40. The van der Waals surface area contributed by atoms with Crippen LogP contribution in [-0.2, 0) is 4.74 Å². The average molecular weight is 279 g/mol. The first-order valence-electron chi connectivity index (χ1n) is 4.25. The monoisotopic (exact) mass is 279 g/mol. The number of methoxy groups -OCH3 is 1. The van der Waals surface area contributed by atoms with Gasteiger partial charge in [-0.3, -0.25) is 0 Å². The van der Waals surface area contributed by atoms with Crippen LogP contribution in [0.5, 0.6) is 0 Å². The molecule has 1 aliphatic carbocycles. The summed E-state index contributed by atoms with van der Waals surface area (Å²) < 4.78 is 7.43. The van der Waals surface area contributed by atoms with Crippen molar-refractivity contribution in [3.63, 3.8) is 0 Å². The normalized spacial score (nSPS) is 29.1. The maximum atomic E-state index is 5.40. The standard InChI is InChI=1S/C10H16IO/c1-4-11-9-7-8(2)5-6-10(9)12-3/h5-7,9-10H,4H2,1-3H3/q-1. The quantitative estimate of drug-likeness (QED) is 0.475. The van der Waals surface area contributed by atoms with E-state index in [1.165, 1.54) is 10.0 Å². The molecule has 2 atom stereocenters. The molecule has 0 amide bonds. The summed E-state index contributed by atoms with van der Waals surface area (Å²) in [5, 5.41) is 0. The van der Waals surface area contributed by atoms with Gasteiger partial charge in [0.05, 0.1) is 0 Å². The third kappa shape index (κ3) is 2.59. The Labute approximate surface area is 85.1 Å². The van der Waals surface area contributed by atoms with Crippen molar-refractivity contribution in [3.05, 3.63) is 23.8 Å². The predicted molar refractivity (Wildman–Crippen MR) is 48.0 cm³/mol. The van der Waals surface area contributed by atoms with Crippen LogP contribution in [0.25, 0.3) is 0 Å². The molecule has 0 aromatic rings. The molecule has 0 saturated carbocycles. The summed E-state index contributed by atoms with van der Waals surface area (Å²) in [5.74, 6) is 0. The molecule has 1 aliphatic rings. The summed E-state index contributed by atoms with van der Waals surface area (Å²) in [6.45, 7) is 4.43. The van der Waals surface area contributed by atoms with Crippen molar-refractivity contribution in [2.24, 2.45) is 0 Å². The molecule has 0 heterocycles. The van der Waals surface area contributed by atoms with Gasteiger partial charge in [-0.25, -0.2) is 0 Å². The summed E-state index contributed by atoms with van der Waals surface area (Å²) in [4.78, 5) is 0. The summed E-state index contributed by atoms with van der Waals surface area (Å²) in [5.41, 5.74) is 1.39. The zero-order valence-corrected chi connectivity index (χ0v) is 10.0. The molecule has 0 fully saturated rings. The Kier molecular flexibility index (Phi) is 4.29. The van der Waals surface area contributed by atoms with Crippen LogP contribution >= 0.6 is 0 Å². The fourth-order valence-electron chi connectivity index (χ4n) is 1.27. The van der Waals surface area contributed by atoms with Crippen LogP contribution in [0.2, 0.25) is 0 Å². The van der Waals surface area contributed by atoms with E-state index >= 15 is 0 Å². The topological polar surface area (TPSA) is 9.23 Å². The van der Waals surface area contributed by atoms with Gasteiger partial charge in [0.2, 0.25) is 0 Å². The van der Waals surface area contributed by atoms with E-state index in [2.05, 4.69) is 32.1 Å². The van der Waals surface area contributed by atoms with Crippen LogP contribution in [0.4, 0.5) is 0 Å². The number of halogens is 1. The van der Waals surface area contributed by atoms with Crippen molar-refractivity contribution < 1.29 is 25.9 Å². The van der Waals surface area contributed by atoms with E-state index in [1.807, 2.05) is 0 Å². The molecule has 70 valence electrons. The van der Waals surface area contributed by atoms with Crippen molar-refractivity contribution in [3.8, 4) is 0 Å². The molecule has 0 bridgehead atoms. The number of allylic oxidation sites excluding steroid dienone is 2. The van der Waals surface area contributed by atoms with Gasteiger partial charge in [0.25, 0.3) is 0 Å². The minimum atomic E-state index is 0.280. The second-order valence-electron chi connectivity index (χ2n) is 2.84. The SMILES string of the molecule is CC[I-]C1C=C(C)C=CC1OC. The van der Waals surface area contributed by atoms with E-state index in [4.69, 9.17) is 4.74 Å². The Morgan fingerprint density at radius 2 is 2.33 bits per heavy atom. The van der Waals surface area contributed by atoms with Crippen LogP contribution in [0, 0.1) is 0 Å². The molecule has 12 heavy (non-hydrogen) atoms. The molecule has 0 saturated heterocycles. The number of alkyl halides is 2. The molecular weight excluding hydrogens is 263 g/mol. The molecule has 1 rings (SSSR count). The van der Waals surface area contributed by atoms with Gasteiger partial charge < -0.3 is 0 Å². The summed E-state index contributed by atoms with van der Waals surface area (Å²) >= 11 is 0.280. The van der Waals surface area contributed by atoms with Gasteiger partial charge in [-0.15, -0.1) is 0 Å². The van der Waals surface area contributed by atoms with E-state index in [0.717, 1.165) is 0 Å². The van der Waals surface area contributed by atoms with E-state index < -0.39 is 0 Å². The first kappa shape index (κ1) is 10.3. The third-order valence-electron chi connectivity index (χ3n) is 1.89. The number of hydrogen-bond donors (Lipinski definition) is 0. The fraction of sp³-hybridized carbons (Fsp3) is 0.600. The molecule has 0 N–H and O–H groups in total. The van der Waals surface area contributed by atoms with Crippen LogP contribution in [-0.4, -0.2) is 21.6 Å². The number of hydrogen-bond acceptors (Lipinski definition) is 1. The van der Waals surface area contributed by atoms with Crippen molar-refractivity contribution in [2.75, 3.05) is 11.5 Å². The van der Waals surface area contributed by atoms with E-state index in [1.54, 1.807) is 7.11 Å². The molecule has 0 radical (unpaired) electrons. The third-order valence-corrected chi connectivity index (χ3v) is 4.86. The van der Waals surface area contributed by atoms with Crippen molar-refractivity contribution in [1.82, 2.24) is 0 Å². The van der Waals surface area contributed by atoms with E-state index in [9.17, 15) is 0 Å². The van der Waals surface area contributed by atoms with Crippen LogP contribution in [0.1, 0.15) is 13.8 Å². The molecule has 0 aromatic carbocycles. The molecule has 2 heteroatoms. The Bertz CT molecular complexity index is 196. The van der Waals surface area contributed by atoms with Gasteiger partial charge in [0.1, 0.15) is 0 Å². The molecule has 0 aliphatic heterocycles. The summed E-state index contributed by atoms with van der Waals surface area (Å²) in [7, 11) is 1.80. The summed E-state index contributed by atoms with van der Waals surface area (Å²) in [6.07, 6.45) is 7.06. The fourth-order valence-corrected chi connectivity index (χ4v) is 4.15. The molecule has 1 nitrogen and oxygen atoms in total. The molecule has 0 aromatic heterocycles. The second-order valence-corrected chi connectivity index (χ2v) is 6.68. The van der Waals surface area contributed by atoms with Crippen LogP contribution in [0.3, 0.4) is 0 Å². The van der Waals surface area contributed by atoms with Crippen molar-refractivity contribution >= 4 is 0 Å². The van der Waals surface area contributed by atoms with E-state index in [0.29, 0.717) is 10.0 Å². The zero-order valence-electron chi connectivity index (χ0n) is 7.88. The van der Waals surface area contributed by atoms with Gasteiger partial charge in [-0.2, -0.15) is 0 Å². The Hall–Kier alpha value is 0.170. The van der Waals surface area contributed by atoms with Gasteiger partial charge in [0, 0.05) is 0 Å².